The minimum absolute atomic E-state index is 0.0655. The van der Waals surface area contributed by atoms with Crippen LogP contribution in [0.15, 0.2) is 48.8 Å². The molecule has 150 valence electrons. The summed E-state index contributed by atoms with van der Waals surface area (Å²) < 4.78 is 6.33. The van der Waals surface area contributed by atoms with E-state index in [1.54, 1.807) is 36.7 Å². The lowest BCUT2D eigenvalue weighted by Crippen LogP contribution is -2.50. The Kier molecular flexibility index (Phi) is 5.42. The molecule has 1 spiro atoms. The van der Waals surface area contributed by atoms with Crippen molar-refractivity contribution in [2.24, 2.45) is 0 Å². The van der Waals surface area contributed by atoms with Crippen molar-refractivity contribution in [1.29, 1.82) is 0 Å². The summed E-state index contributed by atoms with van der Waals surface area (Å²) in [4.78, 5) is 30.4. The van der Waals surface area contributed by atoms with Crippen LogP contribution in [0.1, 0.15) is 40.7 Å². The van der Waals surface area contributed by atoms with Crippen LogP contribution in [0.25, 0.3) is 6.08 Å². The number of ketones is 1. The molecular formula is C22H23N3O4. The maximum Gasteiger partial charge on any atom is 0.267 e. The molecule has 0 atom stereocenters. The molecule has 0 unspecified atom stereocenters. The predicted octanol–water partition coefficient (Wildman–Crippen LogP) is 2.60. The third kappa shape index (κ3) is 4.36. The van der Waals surface area contributed by atoms with Gasteiger partial charge in [-0.05, 0) is 41.5 Å². The van der Waals surface area contributed by atoms with Gasteiger partial charge in [0.15, 0.2) is 5.78 Å². The number of rotatable bonds is 4. The van der Waals surface area contributed by atoms with Crippen molar-refractivity contribution in [3.05, 3.63) is 65.5 Å². The van der Waals surface area contributed by atoms with Crippen LogP contribution in [0.5, 0.6) is 5.75 Å². The number of carbonyl (C=O) groups excluding carboxylic acids is 2. The summed E-state index contributed by atoms with van der Waals surface area (Å²) >= 11 is 0. The molecule has 1 aromatic heterocycles. The van der Waals surface area contributed by atoms with Crippen LogP contribution >= 0.6 is 0 Å². The lowest BCUT2D eigenvalue weighted by Gasteiger charge is -2.44. The van der Waals surface area contributed by atoms with Crippen molar-refractivity contribution in [3.8, 4) is 5.75 Å². The van der Waals surface area contributed by atoms with Gasteiger partial charge in [0.1, 0.15) is 11.4 Å². The summed E-state index contributed by atoms with van der Waals surface area (Å²) in [6, 6.07) is 9.36. The first-order chi connectivity index (χ1) is 14.1. The standard InChI is InChI=1S/C22H23N3O4/c26-19-14-22(7-11-25(12-8-22)15-17-5-9-23-10-6-17)29-20-3-1-16(13-18(19)20)2-4-21(27)24-28/h1-6,9-10,13,28H,7-8,11-12,14-15H2,(H,24,27)/b4-2+. The number of likely N-dealkylation sites (tertiary alicyclic amines) is 1. The molecule has 1 saturated heterocycles. The van der Waals surface area contributed by atoms with Gasteiger partial charge < -0.3 is 4.74 Å². The van der Waals surface area contributed by atoms with Gasteiger partial charge >= 0.3 is 0 Å². The highest BCUT2D eigenvalue weighted by Crippen LogP contribution is 2.40. The number of fused-ring (bicyclic) bond motifs is 1. The van der Waals surface area contributed by atoms with Crippen LogP contribution in [0.4, 0.5) is 0 Å². The molecule has 2 aliphatic heterocycles. The highest BCUT2D eigenvalue weighted by molar-refractivity contribution is 6.01. The highest BCUT2D eigenvalue weighted by atomic mass is 16.5. The Morgan fingerprint density at radius 1 is 1.24 bits per heavy atom. The first-order valence-electron chi connectivity index (χ1n) is 9.67. The number of hydrogen-bond donors (Lipinski definition) is 2. The van der Waals surface area contributed by atoms with E-state index in [1.807, 2.05) is 12.1 Å². The lowest BCUT2D eigenvalue weighted by molar-refractivity contribution is -0.124. The minimum Gasteiger partial charge on any atom is -0.486 e. The van der Waals surface area contributed by atoms with Gasteiger partial charge in [-0.25, -0.2) is 5.48 Å². The molecule has 2 N–H and O–H groups in total. The molecule has 7 nitrogen and oxygen atoms in total. The molecule has 29 heavy (non-hydrogen) atoms. The van der Waals surface area contributed by atoms with Crippen LogP contribution in [0.3, 0.4) is 0 Å². The molecule has 0 saturated carbocycles. The van der Waals surface area contributed by atoms with Crippen LogP contribution in [0, 0.1) is 0 Å². The number of aromatic nitrogens is 1. The first-order valence-corrected chi connectivity index (χ1v) is 9.67. The Morgan fingerprint density at radius 3 is 2.72 bits per heavy atom. The van der Waals surface area contributed by atoms with Gasteiger partial charge in [0.25, 0.3) is 5.91 Å². The minimum atomic E-state index is -0.622. The number of benzene rings is 1. The Balaban J connectivity index is 1.43. The number of ether oxygens (including phenoxy) is 1. The van der Waals surface area contributed by atoms with E-state index in [9.17, 15) is 9.59 Å². The summed E-state index contributed by atoms with van der Waals surface area (Å²) in [5, 5.41) is 8.56. The quantitative estimate of drug-likeness (QED) is 0.471. The maximum absolute atomic E-state index is 12.8. The molecule has 1 amide bonds. The second-order valence-corrected chi connectivity index (χ2v) is 7.58. The van der Waals surface area contributed by atoms with Crippen LogP contribution < -0.4 is 10.2 Å². The van der Waals surface area contributed by atoms with Crippen molar-refractivity contribution in [2.45, 2.75) is 31.4 Å². The van der Waals surface area contributed by atoms with E-state index in [4.69, 9.17) is 9.94 Å². The summed E-state index contributed by atoms with van der Waals surface area (Å²) in [7, 11) is 0. The number of amides is 1. The second-order valence-electron chi connectivity index (χ2n) is 7.58. The molecule has 7 heteroatoms. The number of carbonyl (C=O) groups is 2. The van der Waals surface area contributed by atoms with Crippen molar-refractivity contribution in [3.63, 3.8) is 0 Å². The van der Waals surface area contributed by atoms with E-state index >= 15 is 0 Å². The average molecular weight is 393 g/mol. The highest BCUT2D eigenvalue weighted by Gasteiger charge is 2.42. The van der Waals surface area contributed by atoms with Gasteiger partial charge in [-0.1, -0.05) is 6.07 Å². The van der Waals surface area contributed by atoms with Crippen LogP contribution in [-0.4, -0.2) is 45.5 Å². The molecule has 2 aliphatic rings. The first kappa shape index (κ1) is 19.3. The van der Waals surface area contributed by atoms with Gasteiger partial charge in [0.05, 0.1) is 12.0 Å². The van der Waals surface area contributed by atoms with Gasteiger partial charge in [-0.15, -0.1) is 0 Å². The number of hydroxylamine groups is 1. The number of nitrogens with one attached hydrogen (secondary N) is 1. The Hall–Kier alpha value is -3.03. The third-order valence-electron chi connectivity index (χ3n) is 5.57. The number of hydrogen-bond acceptors (Lipinski definition) is 6. The maximum atomic E-state index is 12.8. The Labute approximate surface area is 169 Å². The summed E-state index contributed by atoms with van der Waals surface area (Å²) in [5.41, 5.74) is 3.58. The fourth-order valence-corrected chi connectivity index (χ4v) is 3.97. The number of Topliss-reactive ketones (excluding diaryl/α,β-unsaturated/α-hetero) is 1. The van der Waals surface area contributed by atoms with E-state index < -0.39 is 11.5 Å². The van der Waals surface area contributed by atoms with Gasteiger partial charge in [-0.3, -0.25) is 24.7 Å². The third-order valence-corrected chi connectivity index (χ3v) is 5.57. The SMILES string of the molecule is O=C(/C=C/c1ccc2c(c1)C(=O)CC1(CCN(Cc3ccncc3)CC1)O2)NO. The monoisotopic (exact) mass is 393 g/mol. The van der Waals surface area contributed by atoms with E-state index in [1.165, 1.54) is 17.1 Å². The molecule has 4 rings (SSSR count). The van der Waals surface area contributed by atoms with Crippen molar-refractivity contribution in [1.82, 2.24) is 15.4 Å². The number of nitrogens with zero attached hydrogens (tertiary/aromatic N) is 2. The number of piperidine rings is 1. The Morgan fingerprint density at radius 2 is 2.00 bits per heavy atom. The summed E-state index contributed by atoms with van der Waals surface area (Å²) in [5.74, 6) is 0.0473. The molecule has 0 radical (unpaired) electrons. The largest absolute Gasteiger partial charge is 0.486 e. The molecule has 1 aromatic carbocycles. The Bertz CT molecular complexity index is 934. The topological polar surface area (TPSA) is 91.8 Å². The van der Waals surface area contributed by atoms with Crippen molar-refractivity contribution in [2.75, 3.05) is 13.1 Å². The molecule has 2 aromatic rings. The summed E-state index contributed by atoms with van der Waals surface area (Å²) in [6.07, 6.45) is 8.34. The summed E-state index contributed by atoms with van der Waals surface area (Å²) in [6.45, 7) is 2.63. The van der Waals surface area contributed by atoms with E-state index in [-0.39, 0.29) is 5.78 Å². The molecule has 0 bridgehead atoms. The zero-order valence-electron chi connectivity index (χ0n) is 16.0. The van der Waals surface area contributed by atoms with E-state index in [2.05, 4.69) is 9.88 Å². The zero-order valence-corrected chi connectivity index (χ0v) is 16.0. The normalized spacial score (nSPS) is 18.4. The molecule has 3 heterocycles. The van der Waals surface area contributed by atoms with E-state index in [0.29, 0.717) is 23.3 Å². The number of pyridine rings is 1. The fourth-order valence-electron chi connectivity index (χ4n) is 3.97. The van der Waals surface area contributed by atoms with Crippen molar-refractivity contribution >= 4 is 17.8 Å². The van der Waals surface area contributed by atoms with Gasteiger partial charge in [-0.2, -0.15) is 0 Å². The lowest BCUT2D eigenvalue weighted by atomic mass is 9.82. The average Bonchev–Trinajstić information content (AvgIpc) is 2.75. The fraction of sp³-hybridized carbons (Fsp3) is 0.318. The van der Waals surface area contributed by atoms with Crippen molar-refractivity contribution < 1.29 is 19.5 Å². The molecule has 1 fully saturated rings. The zero-order chi connectivity index (χ0) is 20.3. The van der Waals surface area contributed by atoms with Gasteiger partial charge in [0.2, 0.25) is 0 Å². The molecular weight excluding hydrogens is 370 g/mol. The van der Waals surface area contributed by atoms with Crippen LogP contribution in [-0.2, 0) is 11.3 Å². The van der Waals surface area contributed by atoms with Gasteiger partial charge in [0, 0.05) is 50.9 Å². The van der Waals surface area contributed by atoms with E-state index in [0.717, 1.165) is 32.5 Å². The molecule has 0 aliphatic carbocycles. The predicted molar refractivity (Wildman–Crippen MR) is 106 cm³/mol. The second kappa shape index (κ2) is 8.14. The van der Waals surface area contributed by atoms with Crippen LogP contribution in [0.2, 0.25) is 0 Å². The smallest absolute Gasteiger partial charge is 0.267 e.